The lowest BCUT2D eigenvalue weighted by atomic mass is 9.76. The first kappa shape index (κ1) is 28.9. The number of amides is 1. The van der Waals surface area contributed by atoms with Crippen molar-refractivity contribution in [2.75, 3.05) is 30.6 Å². The average Bonchev–Trinajstić information content (AvgIpc) is 2.84. The van der Waals surface area contributed by atoms with E-state index in [4.69, 9.17) is 0 Å². The Labute approximate surface area is 226 Å². The van der Waals surface area contributed by atoms with E-state index in [9.17, 15) is 31.5 Å². The molecule has 0 atom stereocenters. The zero-order valence-corrected chi connectivity index (χ0v) is 22.4. The molecule has 2 fully saturated rings. The number of halogens is 3. The number of aliphatic hydroxyl groups is 1. The Balaban J connectivity index is 1.20. The number of benzene rings is 2. The number of hydrogen-bond donors (Lipinski definition) is 4. The summed E-state index contributed by atoms with van der Waals surface area (Å²) in [5.41, 5.74) is -0.265. The molecule has 1 aliphatic heterocycles. The summed E-state index contributed by atoms with van der Waals surface area (Å²) in [6, 6.07) is 11.6. The van der Waals surface area contributed by atoms with Crippen LogP contribution in [0.5, 0.6) is 0 Å². The lowest BCUT2D eigenvalue weighted by Gasteiger charge is -2.48. The minimum absolute atomic E-state index is 0.0666. The van der Waals surface area contributed by atoms with Crippen LogP contribution in [0.4, 0.5) is 18.9 Å². The van der Waals surface area contributed by atoms with E-state index in [1.165, 1.54) is 12.1 Å². The topological polar surface area (TPSA) is 111 Å². The van der Waals surface area contributed by atoms with Gasteiger partial charge in [-0.1, -0.05) is 24.8 Å². The first-order valence-electron chi connectivity index (χ1n) is 12.7. The van der Waals surface area contributed by atoms with Crippen molar-refractivity contribution in [1.82, 2.24) is 15.5 Å². The van der Waals surface area contributed by atoms with Crippen molar-refractivity contribution < 1.29 is 31.5 Å². The van der Waals surface area contributed by atoms with Gasteiger partial charge in [-0.05, 0) is 61.6 Å². The lowest BCUT2D eigenvalue weighted by Crippen LogP contribution is -2.62. The summed E-state index contributed by atoms with van der Waals surface area (Å²) in [5, 5.41) is 17.1. The molecule has 0 unspecified atom stereocenters. The summed E-state index contributed by atoms with van der Waals surface area (Å²) in [7, 11) is -3.41. The van der Waals surface area contributed by atoms with Gasteiger partial charge in [0.2, 0.25) is 10.0 Å². The molecule has 2 aromatic carbocycles. The first-order chi connectivity index (χ1) is 18.2. The van der Waals surface area contributed by atoms with Crippen molar-refractivity contribution in [2.45, 2.75) is 49.5 Å². The first-order valence-corrected chi connectivity index (χ1v) is 14.6. The number of alkyl halides is 3. The van der Waals surface area contributed by atoms with E-state index in [-0.39, 0.29) is 18.2 Å². The second-order valence-corrected chi connectivity index (χ2v) is 12.1. The average molecular weight is 567 g/mol. The lowest BCUT2D eigenvalue weighted by molar-refractivity contribution is -0.137. The van der Waals surface area contributed by atoms with Gasteiger partial charge in [-0.2, -0.15) is 13.2 Å². The molecule has 212 valence electrons. The van der Waals surface area contributed by atoms with Crippen molar-refractivity contribution >= 4 is 21.6 Å². The van der Waals surface area contributed by atoms with E-state index >= 15 is 0 Å². The van der Waals surface area contributed by atoms with Crippen LogP contribution in [0, 0.1) is 0 Å². The fourth-order valence-electron chi connectivity index (χ4n) is 5.19. The summed E-state index contributed by atoms with van der Waals surface area (Å²) in [6.45, 7) is 5.56. The van der Waals surface area contributed by atoms with Gasteiger partial charge in [0.1, 0.15) is 0 Å². The Bertz CT molecular complexity index is 1320. The molecule has 1 saturated carbocycles. The highest BCUT2D eigenvalue weighted by molar-refractivity contribution is 7.92. The predicted molar refractivity (Wildman–Crippen MR) is 142 cm³/mol. The molecule has 0 spiro atoms. The molecule has 2 aromatic rings. The summed E-state index contributed by atoms with van der Waals surface area (Å²) < 4.78 is 64.2. The number of hydrogen-bond acceptors (Lipinski definition) is 6. The molecule has 8 nitrogen and oxygen atoms in total. The molecule has 1 amide bonds. The number of nitrogens with zero attached hydrogens (tertiary/aromatic N) is 1. The maximum atomic E-state index is 12.9. The number of anilines is 1. The molecule has 4 rings (SSSR count). The fourth-order valence-corrected chi connectivity index (χ4v) is 5.74. The van der Waals surface area contributed by atoms with E-state index in [0.717, 1.165) is 44.3 Å². The number of nitrogens with one attached hydrogen (secondary N) is 3. The Kier molecular flexibility index (Phi) is 8.29. The Hall–Kier alpha value is -3.09. The molecule has 1 heterocycles. The maximum absolute atomic E-state index is 12.9. The molecular formula is C27H33F3N4O4S. The zero-order valence-electron chi connectivity index (χ0n) is 21.6. The van der Waals surface area contributed by atoms with Crippen molar-refractivity contribution in [3.8, 4) is 0 Å². The third kappa shape index (κ3) is 7.52. The van der Waals surface area contributed by atoms with Gasteiger partial charge in [0.15, 0.2) is 0 Å². The number of likely N-dealkylation sites (tertiary alicyclic amines) is 1. The van der Waals surface area contributed by atoms with Gasteiger partial charge in [-0.15, -0.1) is 0 Å². The third-order valence-corrected chi connectivity index (χ3v) is 7.84. The van der Waals surface area contributed by atoms with Gasteiger partial charge in [-0.3, -0.25) is 14.4 Å². The second kappa shape index (κ2) is 11.2. The highest BCUT2D eigenvalue weighted by Gasteiger charge is 2.40. The van der Waals surface area contributed by atoms with E-state index in [2.05, 4.69) is 26.8 Å². The minimum atomic E-state index is -4.52. The molecule has 4 N–H and O–H groups in total. The van der Waals surface area contributed by atoms with Crippen LogP contribution in [-0.4, -0.2) is 62.3 Å². The van der Waals surface area contributed by atoms with Gasteiger partial charge in [-0.25, -0.2) is 8.42 Å². The normalized spacial score (nSPS) is 22.5. The number of rotatable bonds is 9. The highest BCUT2D eigenvalue weighted by Crippen LogP contribution is 2.40. The molecule has 2 aliphatic rings. The van der Waals surface area contributed by atoms with Gasteiger partial charge in [0, 0.05) is 36.1 Å². The maximum Gasteiger partial charge on any atom is 0.416 e. The standard InChI is InChI=1S/C27H33F3N4O4S/c1-18(15-31-25(35)19-5-3-7-21(13-19)27(28,29)30)32-23-16-34(17-23)24-9-11-26(36,12-10-24)20-6-4-8-22(14-20)33-39(2,37)38/h3-8,13-14,23-24,32-33,36H,1,9-12,15-17H2,2H3,(H,31,35)/t24-,26-. The summed E-state index contributed by atoms with van der Waals surface area (Å²) in [4.78, 5) is 14.6. The monoisotopic (exact) mass is 566 g/mol. The predicted octanol–water partition coefficient (Wildman–Crippen LogP) is 3.42. The second-order valence-electron chi connectivity index (χ2n) is 10.4. The van der Waals surface area contributed by atoms with Crippen LogP contribution in [0.3, 0.4) is 0 Å². The van der Waals surface area contributed by atoms with Gasteiger partial charge < -0.3 is 15.7 Å². The summed E-state index contributed by atoms with van der Waals surface area (Å²) in [6.07, 6.45) is -0.731. The van der Waals surface area contributed by atoms with Gasteiger partial charge >= 0.3 is 6.18 Å². The quantitative estimate of drug-likeness (QED) is 0.370. The van der Waals surface area contributed by atoms with Gasteiger partial charge in [0.25, 0.3) is 5.91 Å². The van der Waals surface area contributed by atoms with Crippen LogP contribution in [0.15, 0.2) is 60.8 Å². The molecule has 0 aromatic heterocycles. The molecule has 0 radical (unpaired) electrons. The molecule has 1 saturated heterocycles. The Morgan fingerprint density at radius 3 is 2.44 bits per heavy atom. The summed E-state index contributed by atoms with van der Waals surface area (Å²) in [5.74, 6) is -0.605. The van der Waals surface area contributed by atoms with Crippen LogP contribution >= 0.6 is 0 Å². The van der Waals surface area contributed by atoms with E-state index in [1.54, 1.807) is 18.2 Å². The molecule has 0 bridgehead atoms. The van der Waals surface area contributed by atoms with E-state index in [0.29, 0.717) is 35.8 Å². The fraction of sp³-hybridized carbons (Fsp3) is 0.444. The van der Waals surface area contributed by atoms with Crippen LogP contribution in [0.1, 0.15) is 47.2 Å². The van der Waals surface area contributed by atoms with Crippen molar-refractivity contribution in [1.29, 1.82) is 0 Å². The zero-order chi connectivity index (χ0) is 28.4. The number of sulfonamides is 1. The van der Waals surface area contributed by atoms with Crippen molar-refractivity contribution in [2.24, 2.45) is 0 Å². The smallest absolute Gasteiger partial charge is 0.385 e. The van der Waals surface area contributed by atoms with Crippen molar-refractivity contribution in [3.05, 3.63) is 77.5 Å². The van der Waals surface area contributed by atoms with E-state index < -0.39 is 33.3 Å². The van der Waals surface area contributed by atoms with Crippen LogP contribution < -0.4 is 15.4 Å². The minimum Gasteiger partial charge on any atom is -0.385 e. The SMILES string of the molecule is C=C(CNC(=O)c1cccc(C(F)(F)F)c1)NC1CN([C@H]2CC[C@@](O)(c3cccc(NS(C)(=O)=O)c3)CC2)C1. The highest BCUT2D eigenvalue weighted by atomic mass is 32.2. The largest absolute Gasteiger partial charge is 0.416 e. The number of carbonyl (C=O) groups is 1. The molecular weight excluding hydrogens is 533 g/mol. The molecule has 1 aliphatic carbocycles. The third-order valence-electron chi connectivity index (χ3n) is 7.23. The Morgan fingerprint density at radius 2 is 1.79 bits per heavy atom. The molecule has 12 heteroatoms. The van der Waals surface area contributed by atoms with E-state index in [1.807, 2.05) is 6.07 Å². The molecule has 39 heavy (non-hydrogen) atoms. The number of carbonyl (C=O) groups excluding carboxylic acids is 1. The summed E-state index contributed by atoms with van der Waals surface area (Å²) >= 11 is 0. The van der Waals surface area contributed by atoms with Crippen LogP contribution in [0.2, 0.25) is 0 Å². The van der Waals surface area contributed by atoms with Crippen LogP contribution in [0.25, 0.3) is 0 Å². The van der Waals surface area contributed by atoms with Crippen molar-refractivity contribution in [3.63, 3.8) is 0 Å². The van der Waals surface area contributed by atoms with Crippen LogP contribution in [-0.2, 0) is 21.8 Å². The van der Waals surface area contributed by atoms with Gasteiger partial charge in [0.05, 0.1) is 30.0 Å². The Morgan fingerprint density at radius 1 is 1.13 bits per heavy atom.